The quantitative estimate of drug-likeness (QED) is 0.550. The lowest BCUT2D eigenvalue weighted by molar-refractivity contribution is -0.119. The number of nitrogens with one attached hydrogen (secondary N) is 2. The Morgan fingerprint density at radius 1 is 1.62 bits per heavy atom. The Morgan fingerprint density at radius 3 is 2.77 bits per heavy atom. The van der Waals surface area contributed by atoms with Crippen LogP contribution in [0.3, 0.4) is 0 Å². The molecule has 0 aliphatic carbocycles. The summed E-state index contributed by atoms with van der Waals surface area (Å²) in [5.74, 6) is 0.428. The second-order valence-electron chi connectivity index (χ2n) is 3.73. The minimum Gasteiger partial charge on any atom is -0.368 e. The molecule has 0 bridgehead atoms. The molecule has 0 radical (unpaired) electrons. The van der Waals surface area contributed by atoms with Crippen LogP contribution in [0.25, 0.3) is 0 Å². The fourth-order valence-corrected chi connectivity index (χ4v) is 1.53. The minimum atomic E-state index is -0.270. The molecule has 1 amide bonds. The van der Waals surface area contributed by atoms with Crippen LogP contribution >= 0.6 is 0 Å². The average molecular weight is 185 g/mol. The highest BCUT2D eigenvalue weighted by molar-refractivity contribution is 5.79. The van der Waals surface area contributed by atoms with Crippen LogP contribution in [0.1, 0.15) is 19.8 Å². The fourth-order valence-electron chi connectivity index (χ4n) is 1.53. The predicted octanol–water partition coefficient (Wildman–Crippen LogP) is -0.551. The van der Waals surface area contributed by atoms with E-state index in [4.69, 9.17) is 5.73 Å². The standard InChI is InChI=1S/C9H19N3O/c1-7(9(10)13)12-6-8-2-4-11-5-3-8/h7-8,11-12H,2-6H2,1H3,(H2,10,13). The first-order valence-electron chi connectivity index (χ1n) is 4.93. The van der Waals surface area contributed by atoms with Gasteiger partial charge in [-0.2, -0.15) is 0 Å². The molecule has 0 aromatic carbocycles. The van der Waals surface area contributed by atoms with Crippen LogP contribution < -0.4 is 16.4 Å². The van der Waals surface area contributed by atoms with E-state index in [1.165, 1.54) is 12.8 Å². The van der Waals surface area contributed by atoms with Crippen LogP contribution in [-0.4, -0.2) is 31.6 Å². The van der Waals surface area contributed by atoms with E-state index in [-0.39, 0.29) is 11.9 Å². The normalized spacial score (nSPS) is 21.3. The number of carbonyl (C=O) groups excluding carboxylic acids is 1. The third-order valence-electron chi connectivity index (χ3n) is 2.60. The number of primary amides is 1. The van der Waals surface area contributed by atoms with Gasteiger partial charge in [0.2, 0.25) is 5.91 Å². The number of hydrogen-bond acceptors (Lipinski definition) is 3. The summed E-state index contributed by atoms with van der Waals surface area (Å²) in [5, 5.41) is 6.46. The molecule has 1 heterocycles. The molecule has 1 fully saturated rings. The Hall–Kier alpha value is -0.610. The topological polar surface area (TPSA) is 67.2 Å². The number of nitrogens with two attached hydrogens (primary N) is 1. The first-order valence-corrected chi connectivity index (χ1v) is 4.93. The Bertz CT molecular complexity index is 166. The van der Waals surface area contributed by atoms with Crippen molar-refractivity contribution in [1.29, 1.82) is 0 Å². The summed E-state index contributed by atoms with van der Waals surface area (Å²) in [7, 11) is 0. The Balaban J connectivity index is 2.13. The molecule has 4 heteroatoms. The average Bonchev–Trinajstić information content (AvgIpc) is 2.15. The number of carbonyl (C=O) groups is 1. The van der Waals surface area contributed by atoms with E-state index in [1.54, 1.807) is 0 Å². The molecule has 0 aromatic rings. The highest BCUT2D eigenvalue weighted by Crippen LogP contribution is 2.09. The summed E-state index contributed by atoms with van der Waals surface area (Å²) in [6, 6.07) is -0.199. The third-order valence-corrected chi connectivity index (χ3v) is 2.60. The molecular formula is C9H19N3O. The Labute approximate surface area is 79.3 Å². The second kappa shape index (κ2) is 5.19. The fraction of sp³-hybridized carbons (Fsp3) is 0.889. The highest BCUT2D eigenvalue weighted by atomic mass is 16.1. The molecule has 1 saturated heterocycles. The van der Waals surface area contributed by atoms with Crippen LogP contribution in [0, 0.1) is 5.92 Å². The van der Waals surface area contributed by atoms with Gasteiger partial charge in [-0.1, -0.05) is 0 Å². The third kappa shape index (κ3) is 3.74. The van der Waals surface area contributed by atoms with Crippen LogP contribution in [0.5, 0.6) is 0 Å². The smallest absolute Gasteiger partial charge is 0.234 e. The zero-order valence-corrected chi connectivity index (χ0v) is 8.18. The van der Waals surface area contributed by atoms with E-state index >= 15 is 0 Å². The lowest BCUT2D eigenvalue weighted by Crippen LogP contribution is -2.42. The first kappa shape index (κ1) is 10.5. The van der Waals surface area contributed by atoms with Gasteiger partial charge in [0.25, 0.3) is 0 Å². The maximum absolute atomic E-state index is 10.7. The molecule has 0 spiro atoms. The van der Waals surface area contributed by atoms with E-state index in [0.29, 0.717) is 5.92 Å². The van der Waals surface area contributed by atoms with Crippen LogP contribution in [-0.2, 0) is 4.79 Å². The lowest BCUT2D eigenvalue weighted by Gasteiger charge is -2.23. The number of amides is 1. The zero-order valence-electron chi connectivity index (χ0n) is 8.18. The van der Waals surface area contributed by atoms with Crippen molar-refractivity contribution in [1.82, 2.24) is 10.6 Å². The van der Waals surface area contributed by atoms with Gasteiger partial charge < -0.3 is 16.4 Å². The van der Waals surface area contributed by atoms with Crippen molar-refractivity contribution in [3.8, 4) is 0 Å². The van der Waals surface area contributed by atoms with E-state index < -0.39 is 0 Å². The van der Waals surface area contributed by atoms with Gasteiger partial charge in [-0.15, -0.1) is 0 Å². The number of piperidine rings is 1. The Kier molecular flexibility index (Phi) is 4.18. The number of hydrogen-bond donors (Lipinski definition) is 3. The highest BCUT2D eigenvalue weighted by Gasteiger charge is 2.15. The molecule has 0 aromatic heterocycles. The largest absolute Gasteiger partial charge is 0.368 e. The summed E-state index contributed by atoms with van der Waals surface area (Å²) >= 11 is 0. The van der Waals surface area contributed by atoms with Crippen LogP contribution in [0.4, 0.5) is 0 Å². The first-order chi connectivity index (χ1) is 6.20. The van der Waals surface area contributed by atoms with Crippen molar-refractivity contribution in [3.05, 3.63) is 0 Å². The molecular weight excluding hydrogens is 166 g/mol. The van der Waals surface area contributed by atoms with Crippen LogP contribution in [0.15, 0.2) is 0 Å². The van der Waals surface area contributed by atoms with Gasteiger partial charge in [-0.25, -0.2) is 0 Å². The van der Waals surface area contributed by atoms with E-state index in [2.05, 4.69) is 10.6 Å². The summed E-state index contributed by atoms with van der Waals surface area (Å²) < 4.78 is 0. The molecule has 1 aliphatic rings. The van der Waals surface area contributed by atoms with Crippen LogP contribution in [0.2, 0.25) is 0 Å². The van der Waals surface area contributed by atoms with Gasteiger partial charge in [0.1, 0.15) is 0 Å². The molecule has 13 heavy (non-hydrogen) atoms. The van der Waals surface area contributed by atoms with E-state index in [0.717, 1.165) is 19.6 Å². The van der Waals surface area contributed by atoms with Gasteiger partial charge >= 0.3 is 0 Å². The SMILES string of the molecule is CC(NCC1CCNCC1)C(N)=O. The Morgan fingerprint density at radius 2 is 2.23 bits per heavy atom. The van der Waals surface area contributed by atoms with Gasteiger partial charge in [-0.05, 0) is 45.3 Å². The molecule has 76 valence electrons. The van der Waals surface area contributed by atoms with E-state index in [1.807, 2.05) is 6.92 Å². The van der Waals surface area contributed by atoms with Crippen molar-refractivity contribution in [2.75, 3.05) is 19.6 Å². The summed E-state index contributed by atoms with van der Waals surface area (Å²) in [4.78, 5) is 10.7. The van der Waals surface area contributed by atoms with Crippen molar-refractivity contribution < 1.29 is 4.79 Å². The molecule has 4 nitrogen and oxygen atoms in total. The molecule has 4 N–H and O–H groups in total. The maximum Gasteiger partial charge on any atom is 0.234 e. The summed E-state index contributed by atoms with van der Waals surface area (Å²) in [5.41, 5.74) is 5.14. The molecule has 0 saturated carbocycles. The minimum absolute atomic E-state index is 0.199. The molecule has 1 rings (SSSR count). The van der Waals surface area contributed by atoms with Gasteiger partial charge in [0.05, 0.1) is 6.04 Å². The van der Waals surface area contributed by atoms with E-state index in [9.17, 15) is 4.79 Å². The second-order valence-corrected chi connectivity index (χ2v) is 3.73. The molecule has 1 unspecified atom stereocenters. The van der Waals surface area contributed by atoms with Gasteiger partial charge in [-0.3, -0.25) is 4.79 Å². The number of rotatable bonds is 4. The van der Waals surface area contributed by atoms with Crippen molar-refractivity contribution >= 4 is 5.91 Å². The van der Waals surface area contributed by atoms with Crippen molar-refractivity contribution in [2.45, 2.75) is 25.8 Å². The zero-order chi connectivity index (χ0) is 9.68. The molecule has 1 aliphatic heterocycles. The maximum atomic E-state index is 10.7. The summed E-state index contributed by atoms with van der Waals surface area (Å²) in [6.07, 6.45) is 2.39. The predicted molar refractivity (Wildman–Crippen MR) is 52.3 cm³/mol. The van der Waals surface area contributed by atoms with Crippen molar-refractivity contribution in [2.24, 2.45) is 11.7 Å². The summed E-state index contributed by atoms with van der Waals surface area (Å²) in [6.45, 7) is 4.91. The van der Waals surface area contributed by atoms with Gasteiger partial charge in [0.15, 0.2) is 0 Å². The molecule has 1 atom stereocenters. The monoisotopic (exact) mass is 185 g/mol. The van der Waals surface area contributed by atoms with Gasteiger partial charge in [0, 0.05) is 0 Å². The van der Waals surface area contributed by atoms with Crippen molar-refractivity contribution in [3.63, 3.8) is 0 Å². The lowest BCUT2D eigenvalue weighted by atomic mass is 9.98.